The molecule has 1 aromatic heterocycles. The van der Waals surface area contributed by atoms with Gasteiger partial charge in [-0.3, -0.25) is 9.78 Å². The molecule has 38 heavy (non-hydrogen) atoms. The molecule has 1 aliphatic heterocycles. The normalized spacial score (nSPS) is 15.4. The van der Waals surface area contributed by atoms with E-state index < -0.39 is 22.8 Å². The van der Waals surface area contributed by atoms with E-state index in [1.807, 2.05) is 50.2 Å². The number of anilines is 1. The molecule has 3 aromatic rings. The zero-order valence-corrected chi connectivity index (χ0v) is 21.1. The number of hydrogen-bond donors (Lipinski definition) is 0. The van der Waals surface area contributed by atoms with E-state index in [1.165, 1.54) is 11.0 Å². The van der Waals surface area contributed by atoms with Gasteiger partial charge in [0.1, 0.15) is 12.3 Å². The van der Waals surface area contributed by atoms with Crippen LogP contribution in [0.3, 0.4) is 0 Å². The number of aromatic nitrogens is 1. The Balaban J connectivity index is 1.38. The molecule has 1 amide bonds. The molecule has 1 fully saturated rings. The Morgan fingerprint density at radius 2 is 1.74 bits per heavy atom. The summed E-state index contributed by atoms with van der Waals surface area (Å²) in [6.07, 6.45) is -0.658. The van der Waals surface area contributed by atoms with Gasteiger partial charge in [0.25, 0.3) is 0 Å². The SMILES string of the molecule is C=C1N(c2ccc(C#N)c(C(F)(F)F)c2)CC(=O)N(CCCOc2ccc(-c3ccncc3)cc2)C1(C)C. The second-order valence-electron chi connectivity index (χ2n) is 9.44. The Morgan fingerprint density at radius 3 is 2.37 bits per heavy atom. The van der Waals surface area contributed by atoms with Crippen molar-refractivity contribution in [1.29, 1.82) is 5.26 Å². The van der Waals surface area contributed by atoms with Crippen molar-refractivity contribution >= 4 is 11.6 Å². The van der Waals surface area contributed by atoms with Crippen molar-refractivity contribution in [3.05, 3.63) is 90.4 Å². The summed E-state index contributed by atoms with van der Waals surface area (Å²) < 4.78 is 46.3. The van der Waals surface area contributed by atoms with Crippen molar-refractivity contribution in [3.63, 3.8) is 0 Å². The van der Waals surface area contributed by atoms with Gasteiger partial charge in [0.15, 0.2) is 0 Å². The number of pyridine rings is 1. The van der Waals surface area contributed by atoms with Gasteiger partial charge in [-0.25, -0.2) is 0 Å². The first kappa shape index (κ1) is 26.7. The van der Waals surface area contributed by atoms with Crippen molar-refractivity contribution in [2.45, 2.75) is 32.0 Å². The molecular weight excluding hydrogens is 493 g/mol. The van der Waals surface area contributed by atoms with Crippen molar-refractivity contribution in [3.8, 4) is 22.9 Å². The second kappa shape index (κ2) is 10.6. The predicted molar refractivity (Wildman–Crippen MR) is 138 cm³/mol. The Bertz CT molecular complexity index is 1360. The summed E-state index contributed by atoms with van der Waals surface area (Å²) in [6, 6.07) is 16.6. The summed E-state index contributed by atoms with van der Waals surface area (Å²) in [4.78, 5) is 20.3. The Kier molecular flexibility index (Phi) is 7.44. The lowest BCUT2D eigenvalue weighted by atomic mass is 9.93. The van der Waals surface area contributed by atoms with Crippen molar-refractivity contribution in [1.82, 2.24) is 9.88 Å². The lowest BCUT2D eigenvalue weighted by Crippen LogP contribution is -2.60. The lowest BCUT2D eigenvalue weighted by Gasteiger charge is -2.49. The predicted octanol–water partition coefficient (Wildman–Crippen LogP) is 6.05. The number of amides is 1. The van der Waals surface area contributed by atoms with E-state index in [2.05, 4.69) is 11.6 Å². The van der Waals surface area contributed by atoms with Crippen LogP contribution in [-0.2, 0) is 11.0 Å². The van der Waals surface area contributed by atoms with Crippen LogP contribution in [0.25, 0.3) is 11.1 Å². The zero-order valence-electron chi connectivity index (χ0n) is 21.1. The van der Waals surface area contributed by atoms with Gasteiger partial charge in [-0.1, -0.05) is 18.7 Å². The number of piperazine rings is 1. The van der Waals surface area contributed by atoms with Crippen LogP contribution in [0.5, 0.6) is 5.75 Å². The van der Waals surface area contributed by atoms with Crippen molar-refractivity contribution < 1.29 is 22.7 Å². The maximum absolute atomic E-state index is 13.5. The monoisotopic (exact) mass is 520 g/mol. The molecule has 0 aliphatic carbocycles. The minimum absolute atomic E-state index is 0.150. The number of carbonyl (C=O) groups is 1. The molecule has 196 valence electrons. The molecule has 0 spiro atoms. The standard InChI is InChI=1S/C29H27F3N4O2/c1-20-28(2,3)36(15-4-16-38-25-9-6-21(7-10-25)22-11-13-34-14-12-22)27(37)19-35(20)24-8-5-23(18-33)26(17-24)29(30,31)32/h5-14,17H,1,4,15-16,19H2,2-3H3. The quantitative estimate of drug-likeness (QED) is 0.355. The number of carbonyl (C=O) groups excluding carboxylic acids is 1. The summed E-state index contributed by atoms with van der Waals surface area (Å²) >= 11 is 0. The summed E-state index contributed by atoms with van der Waals surface area (Å²) in [6.45, 7) is 8.36. The molecule has 0 atom stereocenters. The summed E-state index contributed by atoms with van der Waals surface area (Å²) in [7, 11) is 0. The molecule has 4 rings (SSSR count). The van der Waals surface area contributed by atoms with Crippen LogP contribution in [0.1, 0.15) is 31.4 Å². The highest BCUT2D eigenvalue weighted by Gasteiger charge is 2.42. The number of nitrogens with zero attached hydrogens (tertiary/aromatic N) is 4. The van der Waals surface area contributed by atoms with E-state index in [9.17, 15) is 18.0 Å². The first-order chi connectivity index (χ1) is 18.0. The Hall–Kier alpha value is -4.32. The molecule has 0 unspecified atom stereocenters. The molecule has 6 nitrogen and oxygen atoms in total. The molecule has 1 saturated heterocycles. The Morgan fingerprint density at radius 1 is 1.08 bits per heavy atom. The largest absolute Gasteiger partial charge is 0.494 e. The number of benzene rings is 2. The summed E-state index contributed by atoms with van der Waals surface area (Å²) in [5.41, 5.74) is 0.416. The topological polar surface area (TPSA) is 69.5 Å². The molecule has 2 aromatic carbocycles. The number of alkyl halides is 3. The molecule has 9 heteroatoms. The third-order valence-electron chi connectivity index (χ3n) is 6.70. The van der Waals surface area contributed by atoms with Crippen LogP contribution in [0.4, 0.5) is 18.9 Å². The highest BCUT2D eigenvalue weighted by atomic mass is 19.4. The number of rotatable bonds is 7. The maximum atomic E-state index is 13.5. The molecular formula is C29H27F3N4O2. The van der Waals surface area contributed by atoms with Crippen LogP contribution in [0.15, 0.2) is 79.3 Å². The van der Waals surface area contributed by atoms with Crippen LogP contribution >= 0.6 is 0 Å². The van der Waals surface area contributed by atoms with Gasteiger partial charge in [0.05, 0.1) is 29.3 Å². The minimum Gasteiger partial charge on any atom is -0.494 e. The lowest BCUT2D eigenvalue weighted by molar-refractivity contribution is -0.137. The first-order valence-corrected chi connectivity index (χ1v) is 12.0. The average molecular weight is 521 g/mol. The summed E-state index contributed by atoms with van der Waals surface area (Å²) in [5.74, 6) is 0.478. The Labute approximate surface area is 219 Å². The first-order valence-electron chi connectivity index (χ1n) is 12.0. The van der Waals surface area contributed by atoms with Gasteiger partial charge in [-0.15, -0.1) is 0 Å². The van der Waals surface area contributed by atoms with Crippen LogP contribution < -0.4 is 9.64 Å². The maximum Gasteiger partial charge on any atom is 0.417 e. The molecule has 2 heterocycles. The number of nitriles is 1. The third-order valence-corrected chi connectivity index (χ3v) is 6.70. The smallest absolute Gasteiger partial charge is 0.417 e. The fourth-order valence-corrected chi connectivity index (χ4v) is 4.50. The van der Waals surface area contributed by atoms with Crippen LogP contribution in [0.2, 0.25) is 0 Å². The molecule has 0 N–H and O–H groups in total. The van der Waals surface area contributed by atoms with Gasteiger partial charge < -0.3 is 14.5 Å². The van der Waals surface area contributed by atoms with Crippen LogP contribution in [0, 0.1) is 11.3 Å². The minimum atomic E-state index is -4.69. The number of halogens is 3. The van der Waals surface area contributed by atoms with E-state index >= 15 is 0 Å². The highest BCUT2D eigenvalue weighted by molar-refractivity contribution is 5.86. The van der Waals surface area contributed by atoms with Gasteiger partial charge >= 0.3 is 6.18 Å². The number of ether oxygens (including phenoxy) is 1. The van der Waals surface area contributed by atoms with Crippen LogP contribution in [-0.4, -0.2) is 41.0 Å². The van der Waals surface area contributed by atoms with Crippen molar-refractivity contribution in [2.24, 2.45) is 0 Å². The zero-order chi connectivity index (χ0) is 27.5. The second-order valence-corrected chi connectivity index (χ2v) is 9.44. The summed E-state index contributed by atoms with van der Waals surface area (Å²) in [5, 5.41) is 9.08. The average Bonchev–Trinajstić information content (AvgIpc) is 2.90. The fraction of sp³-hybridized carbons (Fsp3) is 0.276. The molecule has 0 bridgehead atoms. The molecule has 0 radical (unpaired) electrons. The fourth-order valence-electron chi connectivity index (χ4n) is 4.50. The number of hydrogen-bond acceptors (Lipinski definition) is 5. The van der Waals surface area contributed by atoms with Crippen molar-refractivity contribution in [2.75, 3.05) is 24.6 Å². The van der Waals surface area contributed by atoms with E-state index in [0.717, 1.165) is 23.3 Å². The van der Waals surface area contributed by atoms with Gasteiger partial charge in [-0.05, 0) is 73.9 Å². The van der Waals surface area contributed by atoms with E-state index in [0.29, 0.717) is 31.0 Å². The molecule has 0 saturated carbocycles. The van der Waals surface area contributed by atoms with Gasteiger partial charge in [0.2, 0.25) is 5.91 Å². The highest BCUT2D eigenvalue weighted by Crippen LogP contribution is 2.38. The van der Waals surface area contributed by atoms with E-state index in [1.54, 1.807) is 23.4 Å². The van der Waals surface area contributed by atoms with E-state index in [-0.39, 0.29) is 18.1 Å². The molecule has 1 aliphatic rings. The van der Waals surface area contributed by atoms with Gasteiger partial charge in [0, 0.05) is 30.3 Å². The third kappa shape index (κ3) is 5.49. The van der Waals surface area contributed by atoms with E-state index in [4.69, 9.17) is 10.00 Å². The van der Waals surface area contributed by atoms with Gasteiger partial charge in [-0.2, -0.15) is 18.4 Å².